The quantitative estimate of drug-likeness (QED) is 0.896. The van der Waals surface area contributed by atoms with Crippen LogP contribution in [0.4, 0.5) is 10.1 Å². The molecule has 1 aliphatic rings. The first-order valence-corrected chi connectivity index (χ1v) is 7.65. The monoisotopic (exact) mass is 318 g/mol. The van der Waals surface area contributed by atoms with E-state index in [0.29, 0.717) is 16.9 Å². The summed E-state index contributed by atoms with van der Waals surface area (Å²) in [5.41, 5.74) is 6.73. The van der Waals surface area contributed by atoms with Crippen molar-refractivity contribution in [1.82, 2.24) is 0 Å². The van der Waals surface area contributed by atoms with Gasteiger partial charge in [-0.15, -0.1) is 0 Å². The van der Waals surface area contributed by atoms with Gasteiger partial charge in [-0.1, -0.05) is 0 Å². The third-order valence-electron chi connectivity index (χ3n) is 3.06. The van der Waals surface area contributed by atoms with Gasteiger partial charge in [0.05, 0.1) is 4.47 Å². The summed E-state index contributed by atoms with van der Waals surface area (Å²) >= 11 is 5.17. The number of halogens is 2. The largest absolute Gasteiger partial charge is 0.381 e. The van der Waals surface area contributed by atoms with Crippen molar-refractivity contribution in [2.75, 3.05) is 23.4 Å². The van der Waals surface area contributed by atoms with E-state index < -0.39 is 0 Å². The summed E-state index contributed by atoms with van der Waals surface area (Å²) in [5, 5.41) is 3.40. The fraction of sp³-hybridized carbons (Fsp3) is 0.500. The van der Waals surface area contributed by atoms with E-state index in [1.807, 2.05) is 11.8 Å². The van der Waals surface area contributed by atoms with Gasteiger partial charge >= 0.3 is 0 Å². The first-order chi connectivity index (χ1) is 8.20. The number of hydrogen-bond acceptors (Lipinski definition) is 3. The number of nitrogens with one attached hydrogen (secondary N) is 1. The van der Waals surface area contributed by atoms with Gasteiger partial charge in [-0.25, -0.2) is 4.39 Å². The van der Waals surface area contributed by atoms with Crippen LogP contribution in [-0.4, -0.2) is 24.1 Å². The molecule has 1 aromatic rings. The number of rotatable bonds is 4. The fourth-order valence-electron chi connectivity index (χ4n) is 2.04. The number of benzene rings is 1. The van der Waals surface area contributed by atoms with Gasteiger partial charge in [0.25, 0.3) is 0 Å². The van der Waals surface area contributed by atoms with Gasteiger partial charge in [0.1, 0.15) is 5.82 Å². The number of thioether (sulfide) groups is 1. The van der Waals surface area contributed by atoms with E-state index in [0.717, 1.165) is 11.4 Å². The molecule has 2 atom stereocenters. The summed E-state index contributed by atoms with van der Waals surface area (Å²) in [4.78, 5) is 0. The molecule has 5 heteroatoms. The van der Waals surface area contributed by atoms with Crippen LogP contribution in [0.3, 0.4) is 0 Å². The predicted molar refractivity (Wildman–Crippen MR) is 76.0 cm³/mol. The van der Waals surface area contributed by atoms with Crippen molar-refractivity contribution in [3.05, 3.63) is 28.5 Å². The van der Waals surface area contributed by atoms with Gasteiger partial charge in [0.15, 0.2) is 0 Å². The van der Waals surface area contributed by atoms with Crippen LogP contribution in [-0.2, 0) is 0 Å². The van der Waals surface area contributed by atoms with Crippen molar-refractivity contribution >= 4 is 33.4 Å². The van der Waals surface area contributed by atoms with E-state index in [-0.39, 0.29) is 11.9 Å². The maximum Gasteiger partial charge on any atom is 0.137 e. The lowest BCUT2D eigenvalue weighted by molar-refractivity contribution is 0.499. The van der Waals surface area contributed by atoms with Crippen LogP contribution in [0.2, 0.25) is 0 Å². The zero-order valence-corrected chi connectivity index (χ0v) is 11.9. The zero-order chi connectivity index (χ0) is 12.3. The first kappa shape index (κ1) is 13.2. The van der Waals surface area contributed by atoms with Crippen LogP contribution in [0, 0.1) is 11.7 Å². The average molecular weight is 319 g/mol. The molecular weight excluding hydrogens is 303 g/mol. The van der Waals surface area contributed by atoms with Gasteiger partial charge in [-0.2, -0.15) is 11.8 Å². The maximum atomic E-state index is 13.1. The molecule has 1 saturated heterocycles. The molecule has 3 N–H and O–H groups in total. The Hall–Kier alpha value is -0.260. The van der Waals surface area contributed by atoms with Crippen LogP contribution in [0.15, 0.2) is 22.7 Å². The number of anilines is 1. The Bertz CT molecular complexity index is 383. The van der Waals surface area contributed by atoms with Crippen molar-refractivity contribution < 1.29 is 4.39 Å². The highest BCUT2D eigenvalue weighted by Gasteiger charge is 2.24. The Morgan fingerprint density at radius 2 is 2.41 bits per heavy atom. The summed E-state index contributed by atoms with van der Waals surface area (Å²) in [6.45, 7) is 0.611. The summed E-state index contributed by atoms with van der Waals surface area (Å²) in [6.07, 6.45) is 1.21. The Morgan fingerprint density at radius 3 is 3.00 bits per heavy atom. The molecule has 0 aromatic heterocycles. The highest BCUT2D eigenvalue weighted by molar-refractivity contribution is 9.10. The molecule has 0 amide bonds. The Kier molecular flexibility index (Phi) is 4.70. The number of nitrogens with two attached hydrogens (primary N) is 1. The van der Waals surface area contributed by atoms with E-state index in [1.54, 1.807) is 12.1 Å². The second-order valence-electron chi connectivity index (χ2n) is 4.24. The Balaban J connectivity index is 2.04. The lowest BCUT2D eigenvalue weighted by atomic mass is 9.99. The lowest BCUT2D eigenvalue weighted by Crippen LogP contribution is -2.36. The topological polar surface area (TPSA) is 38.0 Å². The van der Waals surface area contributed by atoms with Crippen LogP contribution < -0.4 is 11.1 Å². The van der Waals surface area contributed by atoms with Crippen LogP contribution in [0.5, 0.6) is 0 Å². The van der Waals surface area contributed by atoms with Gasteiger partial charge in [0.2, 0.25) is 0 Å². The molecule has 17 heavy (non-hydrogen) atoms. The molecule has 2 unspecified atom stereocenters. The highest BCUT2D eigenvalue weighted by Crippen LogP contribution is 2.28. The molecule has 0 spiro atoms. The standard InChI is InChI=1S/C12H16BrFN2S/c13-10-5-9(1-2-11(10)14)16-12(6-15)8-3-4-17-7-8/h1-2,5,8,12,16H,3-4,6-7,15H2. The highest BCUT2D eigenvalue weighted by atomic mass is 79.9. The molecular formula is C12H16BrFN2S. The molecule has 1 fully saturated rings. The molecule has 0 radical (unpaired) electrons. The predicted octanol–water partition coefficient (Wildman–Crippen LogP) is 3.08. The molecule has 1 aromatic carbocycles. The first-order valence-electron chi connectivity index (χ1n) is 5.70. The smallest absolute Gasteiger partial charge is 0.137 e. The third kappa shape index (κ3) is 3.36. The second kappa shape index (κ2) is 6.07. The van der Waals surface area contributed by atoms with Gasteiger partial charge in [-0.05, 0) is 58.0 Å². The van der Waals surface area contributed by atoms with Gasteiger partial charge < -0.3 is 11.1 Å². The maximum absolute atomic E-state index is 13.1. The van der Waals surface area contributed by atoms with E-state index in [4.69, 9.17) is 5.73 Å². The average Bonchev–Trinajstić information content (AvgIpc) is 2.84. The van der Waals surface area contributed by atoms with Crippen LogP contribution in [0.25, 0.3) is 0 Å². The third-order valence-corrected chi connectivity index (χ3v) is 4.86. The zero-order valence-electron chi connectivity index (χ0n) is 9.46. The summed E-state index contributed by atoms with van der Waals surface area (Å²) in [5.74, 6) is 2.76. The summed E-state index contributed by atoms with van der Waals surface area (Å²) in [6, 6.07) is 5.26. The Labute approximate surface area is 114 Å². The SMILES string of the molecule is NCC(Nc1ccc(F)c(Br)c1)C1CCSC1. The molecule has 1 aliphatic heterocycles. The molecule has 0 bridgehead atoms. The minimum absolute atomic E-state index is 0.240. The van der Waals surface area contributed by atoms with E-state index in [1.165, 1.54) is 18.2 Å². The Morgan fingerprint density at radius 1 is 1.59 bits per heavy atom. The molecule has 0 aliphatic carbocycles. The minimum atomic E-state index is -0.240. The van der Waals surface area contributed by atoms with Crippen LogP contribution in [0.1, 0.15) is 6.42 Å². The van der Waals surface area contributed by atoms with Gasteiger partial charge in [0, 0.05) is 18.3 Å². The van der Waals surface area contributed by atoms with Crippen molar-refractivity contribution in [1.29, 1.82) is 0 Å². The van der Waals surface area contributed by atoms with E-state index >= 15 is 0 Å². The summed E-state index contributed by atoms with van der Waals surface area (Å²) in [7, 11) is 0. The second-order valence-corrected chi connectivity index (χ2v) is 6.24. The molecule has 0 saturated carbocycles. The van der Waals surface area contributed by atoms with Crippen molar-refractivity contribution in [2.45, 2.75) is 12.5 Å². The van der Waals surface area contributed by atoms with E-state index in [2.05, 4.69) is 21.2 Å². The molecule has 2 nitrogen and oxygen atoms in total. The van der Waals surface area contributed by atoms with Crippen molar-refractivity contribution in [2.24, 2.45) is 11.7 Å². The van der Waals surface area contributed by atoms with E-state index in [9.17, 15) is 4.39 Å². The lowest BCUT2D eigenvalue weighted by Gasteiger charge is -2.24. The van der Waals surface area contributed by atoms with Gasteiger partial charge in [-0.3, -0.25) is 0 Å². The fourth-order valence-corrected chi connectivity index (χ4v) is 3.76. The van der Waals surface area contributed by atoms with Crippen molar-refractivity contribution in [3.8, 4) is 0 Å². The van der Waals surface area contributed by atoms with Crippen LogP contribution >= 0.6 is 27.7 Å². The molecule has 2 rings (SSSR count). The normalized spacial score (nSPS) is 21.5. The number of hydrogen-bond donors (Lipinski definition) is 2. The minimum Gasteiger partial charge on any atom is -0.381 e. The molecule has 94 valence electrons. The summed E-state index contributed by atoms with van der Waals surface area (Å²) < 4.78 is 13.6. The van der Waals surface area contributed by atoms with Crippen molar-refractivity contribution in [3.63, 3.8) is 0 Å². The molecule has 1 heterocycles.